The zero-order valence-electron chi connectivity index (χ0n) is 11.6. The number of rotatable bonds is 3. The van der Waals surface area contributed by atoms with Crippen LogP contribution in [-0.4, -0.2) is 16.8 Å². The predicted molar refractivity (Wildman–Crippen MR) is 79.2 cm³/mol. The lowest BCUT2D eigenvalue weighted by Gasteiger charge is -2.09. The van der Waals surface area contributed by atoms with Gasteiger partial charge in [-0.15, -0.1) is 0 Å². The van der Waals surface area contributed by atoms with Crippen LogP contribution >= 0.6 is 0 Å². The van der Waals surface area contributed by atoms with Crippen LogP contribution in [0.3, 0.4) is 0 Å². The first-order chi connectivity index (χ1) is 9.62. The molecular formula is C14H15NO4S2. The molecule has 5 nitrogen and oxygen atoms in total. The lowest BCUT2D eigenvalue weighted by Crippen LogP contribution is -2.13. The molecule has 0 amide bonds. The fourth-order valence-electron chi connectivity index (χ4n) is 1.89. The molecule has 0 atom stereocenters. The van der Waals surface area contributed by atoms with Gasteiger partial charge in [-0.25, -0.2) is 22.0 Å². The van der Waals surface area contributed by atoms with Gasteiger partial charge >= 0.3 is 0 Å². The molecule has 112 valence electrons. The number of hydrogen-bond acceptors (Lipinski definition) is 4. The molecule has 0 fully saturated rings. The molecule has 0 aromatic heterocycles. The Morgan fingerprint density at radius 2 is 1.33 bits per heavy atom. The summed E-state index contributed by atoms with van der Waals surface area (Å²) in [4.78, 5) is -0.167. The van der Waals surface area contributed by atoms with Crippen LogP contribution in [0, 0.1) is 13.8 Å². The van der Waals surface area contributed by atoms with E-state index in [1.54, 1.807) is 19.1 Å². The highest BCUT2D eigenvalue weighted by Gasteiger charge is 2.22. The molecule has 2 aromatic rings. The molecule has 2 N–H and O–H groups in total. The second-order valence-corrected chi connectivity index (χ2v) is 8.27. The summed E-state index contributed by atoms with van der Waals surface area (Å²) < 4.78 is 48.0. The molecule has 0 saturated heterocycles. The van der Waals surface area contributed by atoms with Gasteiger partial charge in [0.1, 0.15) is 0 Å². The number of benzene rings is 2. The Bertz CT molecular complexity index is 883. The van der Waals surface area contributed by atoms with Gasteiger partial charge in [0.15, 0.2) is 0 Å². The Hall–Kier alpha value is -1.70. The Labute approximate surface area is 124 Å². The summed E-state index contributed by atoms with van der Waals surface area (Å²) in [6.45, 7) is 3.46. The number of sulfone groups is 1. The summed E-state index contributed by atoms with van der Waals surface area (Å²) in [6, 6.07) is 10.2. The van der Waals surface area contributed by atoms with E-state index in [-0.39, 0.29) is 14.7 Å². The summed E-state index contributed by atoms with van der Waals surface area (Å²) in [6.07, 6.45) is 0. The molecular weight excluding hydrogens is 310 g/mol. The van der Waals surface area contributed by atoms with Gasteiger partial charge in [-0.3, -0.25) is 0 Å². The largest absolute Gasteiger partial charge is 0.238 e. The Morgan fingerprint density at radius 1 is 0.810 bits per heavy atom. The standard InChI is InChI=1S/C14H15NO4S2/c1-10-3-6-12(7-4-10)20(16,17)14-9-13(21(15,18)19)8-5-11(14)2/h3-9H,1-2H3,(H2,15,18,19). The van der Waals surface area contributed by atoms with Crippen molar-refractivity contribution in [1.82, 2.24) is 0 Å². The van der Waals surface area contributed by atoms with Crippen LogP contribution in [0.1, 0.15) is 11.1 Å². The highest BCUT2D eigenvalue weighted by atomic mass is 32.2. The first-order valence-electron chi connectivity index (χ1n) is 6.07. The van der Waals surface area contributed by atoms with Crippen LogP contribution in [0.15, 0.2) is 57.2 Å². The van der Waals surface area contributed by atoms with Gasteiger partial charge < -0.3 is 0 Å². The Morgan fingerprint density at radius 3 is 1.86 bits per heavy atom. The molecule has 0 unspecified atom stereocenters. The number of sulfonamides is 1. The van der Waals surface area contributed by atoms with Crippen LogP contribution in [0.25, 0.3) is 0 Å². The number of aryl methyl sites for hydroxylation is 2. The third kappa shape index (κ3) is 3.15. The van der Waals surface area contributed by atoms with E-state index in [4.69, 9.17) is 5.14 Å². The monoisotopic (exact) mass is 325 g/mol. The predicted octanol–water partition coefficient (Wildman–Crippen LogP) is 1.78. The quantitative estimate of drug-likeness (QED) is 0.930. The molecule has 2 rings (SSSR count). The van der Waals surface area contributed by atoms with Crippen LogP contribution in [0.5, 0.6) is 0 Å². The van der Waals surface area contributed by atoms with Crippen molar-refractivity contribution in [1.29, 1.82) is 0 Å². The lowest BCUT2D eigenvalue weighted by atomic mass is 10.2. The van der Waals surface area contributed by atoms with Gasteiger partial charge in [0.25, 0.3) is 0 Å². The van der Waals surface area contributed by atoms with Crippen LogP contribution in [0.2, 0.25) is 0 Å². The minimum Gasteiger partial charge on any atom is -0.225 e. The zero-order valence-corrected chi connectivity index (χ0v) is 13.2. The van der Waals surface area contributed by atoms with Crippen molar-refractivity contribution in [3.63, 3.8) is 0 Å². The molecule has 0 bridgehead atoms. The maximum Gasteiger partial charge on any atom is 0.238 e. The van der Waals surface area contributed by atoms with E-state index in [1.807, 2.05) is 6.92 Å². The molecule has 7 heteroatoms. The van der Waals surface area contributed by atoms with E-state index in [1.165, 1.54) is 24.3 Å². The molecule has 0 aliphatic heterocycles. The lowest BCUT2D eigenvalue weighted by molar-refractivity contribution is 0.594. The second-order valence-electron chi connectivity index (χ2n) is 4.79. The van der Waals surface area contributed by atoms with Crippen molar-refractivity contribution in [2.75, 3.05) is 0 Å². The van der Waals surface area contributed by atoms with Gasteiger partial charge in [-0.05, 0) is 43.7 Å². The van der Waals surface area contributed by atoms with E-state index in [2.05, 4.69) is 0 Å². The minimum atomic E-state index is -3.96. The van der Waals surface area contributed by atoms with Crippen molar-refractivity contribution in [2.45, 2.75) is 28.5 Å². The molecule has 0 heterocycles. The molecule has 0 aliphatic rings. The van der Waals surface area contributed by atoms with Crippen LogP contribution in [-0.2, 0) is 19.9 Å². The third-order valence-corrected chi connectivity index (χ3v) is 5.93. The Balaban J connectivity index is 2.67. The second kappa shape index (κ2) is 5.25. The molecule has 0 saturated carbocycles. The maximum atomic E-state index is 12.6. The molecule has 0 radical (unpaired) electrons. The van der Waals surface area contributed by atoms with Gasteiger partial charge in [0.05, 0.1) is 14.7 Å². The van der Waals surface area contributed by atoms with Crippen LogP contribution in [0.4, 0.5) is 0 Å². The fourth-order valence-corrected chi connectivity index (χ4v) is 4.03. The summed E-state index contributed by atoms with van der Waals surface area (Å²) in [5.41, 5.74) is 1.40. The average Bonchev–Trinajstić information content (AvgIpc) is 2.38. The van der Waals surface area contributed by atoms with Crippen molar-refractivity contribution >= 4 is 19.9 Å². The highest BCUT2D eigenvalue weighted by Crippen LogP contribution is 2.26. The Kier molecular flexibility index (Phi) is 3.92. The van der Waals surface area contributed by atoms with Crippen molar-refractivity contribution in [3.8, 4) is 0 Å². The minimum absolute atomic E-state index is 0.0575. The van der Waals surface area contributed by atoms with E-state index >= 15 is 0 Å². The fraction of sp³-hybridized carbons (Fsp3) is 0.143. The number of primary sulfonamides is 1. The van der Waals surface area contributed by atoms with Crippen LogP contribution < -0.4 is 5.14 Å². The summed E-state index contributed by atoms with van der Waals surface area (Å²) in [5.74, 6) is 0. The summed E-state index contributed by atoms with van der Waals surface area (Å²) >= 11 is 0. The van der Waals surface area contributed by atoms with E-state index in [9.17, 15) is 16.8 Å². The smallest absolute Gasteiger partial charge is 0.225 e. The number of hydrogen-bond donors (Lipinski definition) is 1. The van der Waals surface area contributed by atoms with E-state index in [0.29, 0.717) is 5.56 Å². The molecule has 2 aromatic carbocycles. The molecule has 0 aliphatic carbocycles. The third-order valence-electron chi connectivity index (χ3n) is 3.11. The van der Waals surface area contributed by atoms with Gasteiger partial charge in [0.2, 0.25) is 19.9 Å². The van der Waals surface area contributed by atoms with Gasteiger partial charge in [-0.1, -0.05) is 23.8 Å². The van der Waals surface area contributed by atoms with Gasteiger partial charge in [0, 0.05) is 0 Å². The average molecular weight is 325 g/mol. The van der Waals surface area contributed by atoms with E-state index < -0.39 is 19.9 Å². The SMILES string of the molecule is Cc1ccc(S(=O)(=O)c2cc(S(N)(=O)=O)ccc2C)cc1. The van der Waals surface area contributed by atoms with Gasteiger partial charge in [-0.2, -0.15) is 0 Å². The molecule has 0 spiro atoms. The first-order valence-corrected chi connectivity index (χ1v) is 9.10. The maximum absolute atomic E-state index is 12.6. The summed E-state index contributed by atoms with van der Waals surface area (Å²) in [5, 5.41) is 5.05. The normalized spacial score (nSPS) is 12.3. The zero-order chi connectivity index (χ0) is 15.8. The molecule has 21 heavy (non-hydrogen) atoms. The topological polar surface area (TPSA) is 94.3 Å². The van der Waals surface area contributed by atoms with Crippen molar-refractivity contribution in [3.05, 3.63) is 53.6 Å². The van der Waals surface area contributed by atoms with Crippen molar-refractivity contribution in [2.24, 2.45) is 5.14 Å². The van der Waals surface area contributed by atoms with Crippen molar-refractivity contribution < 1.29 is 16.8 Å². The number of nitrogens with two attached hydrogens (primary N) is 1. The highest BCUT2D eigenvalue weighted by molar-refractivity contribution is 7.91. The first kappa shape index (κ1) is 15.7. The summed E-state index contributed by atoms with van der Waals surface area (Å²) in [7, 11) is -7.74. The van der Waals surface area contributed by atoms with E-state index in [0.717, 1.165) is 11.6 Å².